The van der Waals surface area contributed by atoms with Gasteiger partial charge in [-0.1, -0.05) is 42.5 Å². The van der Waals surface area contributed by atoms with Gasteiger partial charge in [0.1, 0.15) is 0 Å². The van der Waals surface area contributed by atoms with Crippen molar-refractivity contribution in [2.45, 2.75) is 0 Å². The van der Waals surface area contributed by atoms with Crippen LogP contribution in [0.25, 0.3) is 32.9 Å². The summed E-state index contributed by atoms with van der Waals surface area (Å²) >= 11 is 0. The number of rotatable bonds is 1. The lowest BCUT2D eigenvalue weighted by molar-refractivity contribution is 1.46. The number of aromatic nitrogens is 1. The van der Waals surface area contributed by atoms with Crippen molar-refractivity contribution in [1.82, 2.24) is 4.98 Å². The minimum Gasteiger partial charge on any atom is -0.399 e. The van der Waals surface area contributed by atoms with Crippen LogP contribution in [0, 0.1) is 0 Å². The largest absolute Gasteiger partial charge is 0.399 e. The number of hydrogen-bond donors (Lipinski definition) is 2. The van der Waals surface area contributed by atoms with Crippen LogP contribution in [0.15, 0.2) is 66.7 Å². The van der Waals surface area contributed by atoms with Crippen LogP contribution in [0.5, 0.6) is 0 Å². The van der Waals surface area contributed by atoms with E-state index in [0.717, 1.165) is 22.5 Å². The molecule has 0 unspecified atom stereocenters. The molecule has 2 nitrogen and oxygen atoms in total. The van der Waals surface area contributed by atoms with E-state index < -0.39 is 0 Å². The summed E-state index contributed by atoms with van der Waals surface area (Å²) in [5.74, 6) is 0. The number of aromatic amines is 1. The Morgan fingerprint density at radius 1 is 0.750 bits per heavy atom. The molecule has 0 saturated carbocycles. The Kier molecular flexibility index (Phi) is 2.30. The van der Waals surface area contributed by atoms with Gasteiger partial charge in [-0.3, -0.25) is 0 Å². The first-order chi connectivity index (χ1) is 9.81. The lowest BCUT2D eigenvalue weighted by Gasteiger charge is -2.06. The topological polar surface area (TPSA) is 41.8 Å². The summed E-state index contributed by atoms with van der Waals surface area (Å²) in [6, 6.07) is 22.9. The highest BCUT2D eigenvalue weighted by molar-refractivity contribution is 6.00. The van der Waals surface area contributed by atoms with E-state index in [1.807, 2.05) is 24.3 Å². The zero-order valence-electron chi connectivity index (χ0n) is 10.9. The second kappa shape index (κ2) is 4.14. The van der Waals surface area contributed by atoms with Crippen LogP contribution < -0.4 is 5.73 Å². The van der Waals surface area contributed by atoms with E-state index in [-0.39, 0.29) is 0 Å². The third kappa shape index (κ3) is 1.66. The molecule has 0 fully saturated rings. The average molecular weight is 258 g/mol. The second-order valence-electron chi connectivity index (χ2n) is 5.06. The molecule has 2 heteroatoms. The maximum Gasteiger partial charge on any atom is 0.0471 e. The second-order valence-corrected chi connectivity index (χ2v) is 5.06. The predicted molar refractivity (Wildman–Crippen MR) is 85.7 cm³/mol. The van der Waals surface area contributed by atoms with Crippen LogP contribution in [0.2, 0.25) is 0 Å². The van der Waals surface area contributed by atoms with Crippen LogP contribution in [0.1, 0.15) is 0 Å². The molecule has 0 aliphatic carbocycles. The molecule has 0 radical (unpaired) electrons. The standard InChI is InChI=1S/C18H14N2/c19-14-9-12-5-1-3-7-15(12)16(11-14)18-10-13-6-2-4-8-17(13)20-18/h1-11,20H,19H2. The maximum absolute atomic E-state index is 6.04. The summed E-state index contributed by atoms with van der Waals surface area (Å²) in [5.41, 5.74) is 10.2. The molecule has 0 spiro atoms. The molecule has 1 aromatic heterocycles. The first kappa shape index (κ1) is 11.1. The molecule has 20 heavy (non-hydrogen) atoms. The number of nitrogens with one attached hydrogen (secondary N) is 1. The Balaban J connectivity index is 2.06. The van der Waals surface area contributed by atoms with Crippen molar-refractivity contribution in [2.75, 3.05) is 5.73 Å². The first-order valence-corrected chi connectivity index (χ1v) is 6.68. The summed E-state index contributed by atoms with van der Waals surface area (Å²) in [6.45, 7) is 0. The van der Waals surface area contributed by atoms with Crippen molar-refractivity contribution in [3.8, 4) is 11.3 Å². The van der Waals surface area contributed by atoms with Crippen LogP contribution in [-0.2, 0) is 0 Å². The molecule has 4 rings (SSSR count). The minimum atomic E-state index is 0.789. The van der Waals surface area contributed by atoms with E-state index in [2.05, 4.69) is 47.4 Å². The van der Waals surface area contributed by atoms with E-state index in [9.17, 15) is 0 Å². The van der Waals surface area contributed by atoms with Gasteiger partial charge in [0.25, 0.3) is 0 Å². The van der Waals surface area contributed by atoms with Crippen LogP contribution in [-0.4, -0.2) is 4.98 Å². The monoisotopic (exact) mass is 258 g/mol. The molecule has 0 bridgehead atoms. The number of H-pyrrole nitrogens is 1. The van der Waals surface area contributed by atoms with Gasteiger partial charge < -0.3 is 10.7 Å². The SMILES string of the molecule is Nc1cc(-c2cc3ccccc3[nH]2)c2ccccc2c1. The first-order valence-electron chi connectivity index (χ1n) is 6.68. The summed E-state index contributed by atoms with van der Waals surface area (Å²) in [7, 11) is 0. The van der Waals surface area contributed by atoms with Gasteiger partial charge in [0.05, 0.1) is 0 Å². The Morgan fingerprint density at radius 2 is 1.50 bits per heavy atom. The molecule has 1 heterocycles. The van der Waals surface area contributed by atoms with Crippen molar-refractivity contribution < 1.29 is 0 Å². The van der Waals surface area contributed by atoms with Crippen LogP contribution in [0.4, 0.5) is 5.69 Å². The summed E-state index contributed by atoms with van der Waals surface area (Å²) in [5, 5.41) is 3.60. The van der Waals surface area contributed by atoms with Crippen LogP contribution >= 0.6 is 0 Å². The lowest BCUT2D eigenvalue weighted by atomic mass is 10.0. The Labute approximate surface area is 116 Å². The highest BCUT2D eigenvalue weighted by atomic mass is 14.7. The highest BCUT2D eigenvalue weighted by Crippen LogP contribution is 2.32. The number of para-hydroxylation sites is 1. The molecular formula is C18H14N2. The van der Waals surface area contributed by atoms with E-state index in [0.29, 0.717) is 0 Å². The molecule has 3 N–H and O–H groups in total. The van der Waals surface area contributed by atoms with Crippen molar-refractivity contribution in [3.63, 3.8) is 0 Å². The van der Waals surface area contributed by atoms with Crippen molar-refractivity contribution in [3.05, 3.63) is 66.7 Å². The quantitative estimate of drug-likeness (QED) is 0.482. The van der Waals surface area contributed by atoms with Gasteiger partial charge in [0, 0.05) is 27.8 Å². The molecule has 0 aliphatic heterocycles. The fraction of sp³-hybridized carbons (Fsp3) is 0. The van der Waals surface area contributed by atoms with Gasteiger partial charge in [0.2, 0.25) is 0 Å². The van der Waals surface area contributed by atoms with Gasteiger partial charge >= 0.3 is 0 Å². The Bertz CT molecular complexity index is 886. The molecule has 0 amide bonds. The molecule has 96 valence electrons. The maximum atomic E-state index is 6.04. The predicted octanol–water partition coefficient (Wildman–Crippen LogP) is 4.57. The van der Waals surface area contributed by atoms with Gasteiger partial charge in [0.15, 0.2) is 0 Å². The Hall–Kier alpha value is -2.74. The Morgan fingerprint density at radius 3 is 2.35 bits per heavy atom. The molecule has 3 aromatic carbocycles. The summed E-state index contributed by atoms with van der Waals surface area (Å²) in [6.07, 6.45) is 0. The summed E-state index contributed by atoms with van der Waals surface area (Å²) < 4.78 is 0. The fourth-order valence-electron chi connectivity index (χ4n) is 2.78. The summed E-state index contributed by atoms with van der Waals surface area (Å²) in [4.78, 5) is 3.48. The fourth-order valence-corrected chi connectivity index (χ4v) is 2.78. The van der Waals surface area contributed by atoms with E-state index in [1.54, 1.807) is 0 Å². The van der Waals surface area contributed by atoms with Crippen molar-refractivity contribution in [2.24, 2.45) is 0 Å². The number of nitrogen functional groups attached to an aromatic ring is 1. The molecule has 0 atom stereocenters. The smallest absolute Gasteiger partial charge is 0.0471 e. The zero-order valence-corrected chi connectivity index (χ0v) is 10.9. The van der Waals surface area contributed by atoms with E-state index >= 15 is 0 Å². The van der Waals surface area contributed by atoms with Crippen molar-refractivity contribution in [1.29, 1.82) is 0 Å². The van der Waals surface area contributed by atoms with Crippen molar-refractivity contribution >= 4 is 27.4 Å². The van der Waals surface area contributed by atoms with Gasteiger partial charge in [-0.2, -0.15) is 0 Å². The third-order valence-electron chi connectivity index (χ3n) is 3.70. The van der Waals surface area contributed by atoms with Gasteiger partial charge in [-0.15, -0.1) is 0 Å². The number of anilines is 1. The third-order valence-corrected chi connectivity index (χ3v) is 3.70. The van der Waals surface area contributed by atoms with Gasteiger partial charge in [-0.05, 0) is 35.0 Å². The number of fused-ring (bicyclic) bond motifs is 2. The van der Waals surface area contributed by atoms with Crippen LogP contribution in [0.3, 0.4) is 0 Å². The number of nitrogens with two attached hydrogens (primary N) is 1. The van der Waals surface area contributed by atoms with E-state index in [4.69, 9.17) is 5.73 Å². The number of hydrogen-bond acceptors (Lipinski definition) is 1. The molecular weight excluding hydrogens is 244 g/mol. The highest BCUT2D eigenvalue weighted by Gasteiger charge is 2.08. The molecule has 4 aromatic rings. The molecule has 0 saturated heterocycles. The average Bonchev–Trinajstić information content (AvgIpc) is 2.90. The zero-order chi connectivity index (χ0) is 13.5. The van der Waals surface area contributed by atoms with Gasteiger partial charge in [-0.25, -0.2) is 0 Å². The number of benzene rings is 3. The van der Waals surface area contributed by atoms with E-state index in [1.165, 1.54) is 16.2 Å². The molecule has 0 aliphatic rings. The normalized spacial score (nSPS) is 11.2. The lowest BCUT2D eigenvalue weighted by Crippen LogP contribution is -1.88. The minimum absolute atomic E-state index is 0.789.